The first kappa shape index (κ1) is 75.9. The van der Waals surface area contributed by atoms with Gasteiger partial charge in [-0.25, -0.2) is 0 Å². The summed E-state index contributed by atoms with van der Waals surface area (Å²) in [5.74, 6) is -0.558. The predicted molar refractivity (Wildman–Crippen MR) is 339 cm³/mol. The minimum atomic E-state index is -4.71. The summed E-state index contributed by atoms with van der Waals surface area (Å²) in [6.07, 6.45) is 78.0. The van der Waals surface area contributed by atoms with Crippen LogP contribution in [-0.2, 0) is 27.9 Å². The number of quaternary nitrogens is 1. The van der Waals surface area contributed by atoms with E-state index in [1.54, 1.807) is 0 Å². The fraction of sp³-hybridized carbons (Fsp3) is 0.739. The van der Waals surface area contributed by atoms with Crippen molar-refractivity contribution in [2.45, 2.75) is 290 Å². The highest BCUT2D eigenvalue weighted by Gasteiger charge is 2.27. The van der Waals surface area contributed by atoms with Crippen LogP contribution in [-0.4, -0.2) is 69.4 Å². The quantitative estimate of drug-likeness (QED) is 0.0212. The lowest BCUT2D eigenvalue weighted by atomic mass is 10.0. The first-order chi connectivity index (χ1) is 38.4. The van der Waals surface area contributed by atoms with Crippen molar-refractivity contribution in [3.8, 4) is 0 Å². The fourth-order valence-corrected chi connectivity index (χ4v) is 9.71. The molecule has 10 heteroatoms. The van der Waals surface area contributed by atoms with Crippen LogP contribution in [0.3, 0.4) is 0 Å². The summed E-state index contributed by atoms with van der Waals surface area (Å²) in [7, 11) is 1.17. The van der Waals surface area contributed by atoms with Crippen molar-refractivity contribution in [2.24, 2.45) is 0 Å². The molecule has 0 aliphatic carbocycles. The number of nitrogens with zero attached hydrogens (tertiary/aromatic N) is 1. The molecular formula is C69H123N2O7P. The lowest BCUT2D eigenvalue weighted by molar-refractivity contribution is -0.870. The van der Waals surface area contributed by atoms with Crippen LogP contribution in [0.25, 0.3) is 0 Å². The molecule has 3 atom stereocenters. The fourth-order valence-electron chi connectivity index (χ4n) is 8.99. The van der Waals surface area contributed by atoms with E-state index in [0.717, 1.165) is 122 Å². The zero-order valence-corrected chi connectivity index (χ0v) is 52.9. The van der Waals surface area contributed by atoms with Crippen LogP contribution in [0.4, 0.5) is 0 Å². The summed E-state index contributed by atoms with van der Waals surface area (Å²) in [4.78, 5) is 40.0. The second-order valence-electron chi connectivity index (χ2n) is 22.9. The summed E-state index contributed by atoms with van der Waals surface area (Å²) in [5.41, 5.74) is 0. The Labute approximate surface area is 488 Å². The number of hydrogen-bond acceptors (Lipinski definition) is 7. The molecule has 9 nitrogen and oxygen atoms in total. The third kappa shape index (κ3) is 59.4. The van der Waals surface area contributed by atoms with Gasteiger partial charge in [0.25, 0.3) is 7.82 Å². The van der Waals surface area contributed by atoms with E-state index in [9.17, 15) is 19.0 Å². The topological polar surface area (TPSA) is 114 Å². The molecule has 0 rings (SSSR count). The van der Waals surface area contributed by atoms with Gasteiger partial charge in [0.05, 0.1) is 33.8 Å². The molecule has 0 spiro atoms. The molecule has 0 aromatic carbocycles. The monoisotopic (exact) mass is 1120 g/mol. The number of allylic oxidation sites excluding steroid dienone is 15. The maximum atomic E-state index is 13.6. The van der Waals surface area contributed by atoms with Gasteiger partial charge in [0.1, 0.15) is 19.3 Å². The first-order valence-electron chi connectivity index (χ1n) is 32.5. The Bertz CT molecular complexity index is 1670. The molecular weight excluding hydrogens is 1000 g/mol. The Balaban J connectivity index is 5.14. The van der Waals surface area contributed by atoms with Gasteiger partial charge in [-0.05, 0) is 109 Å². The molecule has 0 saturated heterocycles. The van der Waals surface area contributed by atoms with Crippen LogP contribution in [0.15, 0.2) is 97.2 Å². The molecule has 0 radical (unpaired) electrons. The van der Waals surface area contributed by atoms with Crippen LogP contribution in [0.5, 0.6) is 0 Å². The number of ether oxygens (including phenoxy) is 1. The Morgan fingerprint density at radius 3 is 1.24 bits per heavy atom. The minimum Gasteiger partial charge on any atom is -0.756 e. The van der Waals surface area contributed by atoms with Crippen molar-refractivity contribution in [1.29, 1.82) is 0 Å². The van der Waals surface area contributed by atoms with Crippen LogP contribution >= 0.6 is 7.82 Å². The van der Waals surface area contributed by atoms with Crippen molar-refractivity contribution in [3.05, 3.63) is 97.2 Å². The second kappa shape index (κ2) is 58.1. The second-order valence-corrected chi connectivity index (χ2v) is 24.3. The third-order valence-corrected chi connectivity index (χ3v) is 15.0. The highest BCUT2D eigenvalue weighted by molar-refractivity contribution is 7.45. The number of phosphoric ester groups is 1. The highest BCUT2D eigenvalue weighted by Crippen LogP contribution is 2.38. The van der Waals surface area contributed by atoms with Crippen molar-refractivity contribution >= 4 is 19.7 Å². The van der Waals surface area contributed by atoms with Crippen molar-refractivity contribution < 1.29 is 37.3 Å². The van der Waals surface area contributed by atoms with Gasteiger partial charge in [-0.3, -0.25) is 14.2 Å². The van der Waals surface area contributed by atoms with E-state index in [1.807, 2.05) is 33.3 Å². The summed E-state index contributed by atoms with van der Waals surface area (Å²) in [5, 5.41) is 3.03. The standard InChI is InChI=1S/C69H123N2O7P/c1-7-10-13-16-19-22-25-27-29-31-32-33-34-35-36-37-38-40-41-43-46-49-52-55-58-61-68(72)70-66(65-77-79(74,75)76-64-63-71(4,5)6)67(60-57-54-51-48-45-24-21-18-15-12-9-3)78-69(73)62-59-56-53-50-47-44-42-39-30-28-26-23-20-17-14-11-8-2/h10,13,19-20,22-23,27-30,32-33,35-36,57,60,66-67H,7-9,11-12,14-18,21,24-26,31,34,37-56,58-59,61-65H2,1-6H3,(H-,70,72,74,75)/b13-10-,22-19-,23-20-,29-27-,30-28-,33-32-,36-35-,60-57-. The molecule has 0 aromatic heterocycles. The highest BCUT2D eigenvalue weighted by atomic mass is 31.2. The number of esters is 1. The van der Waals surface area contributed by atoms with Crippen LogP contribution in [0.2, 0.25) is 0 Å². The summed E-state index contributed by atoms with van der Waals surface area (Å²) < 4.78 is 30.3. The van der Waals surface area contributed by atoms with Gasteiger partial charge in [-0.1, -0.05) is 253 Å². The Kier molecular flexibility index (Phi) is 55.9. The molecule has 0 heterocycles. The largest absolute Gasteiger partial charge is 0.756 e. The molecule has 0 fully saturated rings. The van der Waals surface area contributed by atoms with Crippen LogP contribution < -0.4 is 10.2 Å². The molecule has 1 N–H and O–H groups in total. The normalized spacial score (nSPS) is 14.3. The lowest BCUT2D eigenvalue weighted by Crippen LogP contribution is -2.47. The van der Waals surface area contributed by atoms with E-state index in [0.29, 0.717) is 17.4 Å². The van der Waals surface area contributed by atoms with E-state index in [4.69, 9.17) is 13.8 Å². The number of carbonyl (C=O) groups is 2. The van der Waals surface area contributed by atoms with Crippen molar-refractivity contribution in [1.82, 2.24) is 5.32 Å². The van der Waals surface area contributed by atoms with Crippen molar-refractivity contribution in [2.75, 3.05) is 40.9 Å². The minimum absolute atomic E-state index is 0.0289. The van der Waals surface area contributed by atoms with E-state index in [1.165, 1.54) is 122 Å². The van der Waals surface area contributed by atoms with Gasteiger partial charge >= 0.3 is 5.97 Å². The molecule has 0 saturated carbocycles. The molecule has 456 valence electrons. The summed E-state index contributed by atoms with van der Waals surface area (Å²) >= 11 is 0. The molecule has 0 aliphatic rings. The van der Waals surface area contributed by atoms with Gasteiger partial charge in [-0.15, -0.1) is 0 Å². The van der Waals surface area contributed by atoms with Crippen molar-refractivity contribution in [3.63, 3.8) is 0 Å². The number of phosphoric acid groups is 1. The SMILES string of the molecule is CC/C=C\C/C=C\C/C=C\C/C=C\C/C=C\CCCCCCCCCCCC(=O)NC(COP(=O)([O-])OCC[N+](C)(C)C)C(/C=C\CCCCCCCCCCC)OC(=O)CCCCCCCCC/C=C\C/C=C\CCCCC. The number of carbonyl (C=O) groups excluding carboxylic acids is 2. The van der Waals surface area contributed by atoms with Gasteiger partial charge in [0, 0.05) is 12.8 Å². The number of likely N-dealkylation sites (N-methyl/N-ethyl adjacent to an activating group) is 1. The maximum absolute atomic E-state index is 13.6. The average molecular weight is 1120 g/mol. The van der Waals surface area contributed by atoms with Crippen LogP contribution in [0.1, 0.15) is 278 Å². The number of rotatable bonds is 58. The van der Waals surface area contributed by atoms with Crippen LogP contribution in [0, 0.1) is 0 Å². The molecule has 0 aliphatic heterocycles. The zero-order chi connectivity index (χ0) is 57.9. The molecule has 79 heavy (non-hydrogen) atoms. The van der Waals surface area contributed by atoms with Gasteiger partial charge < -0.3 is 28.5 Å². The van der Waals surface area contributed by atoms with E-state index in [-0.39, 0.29) is 24.9 Å². The van der Waals surface area contributed by atoms with Gasteiger partial charge in [-0.2, -0.15) is 0 Å². The number of nitrogens with one attached hydrogen (secondary N) is 1. The van der Waals surface area contributed by atoms with Gasteiger partial charge in [0.2, 0.25) is 5.91 Å². The molecule has 1 amide bonds. The molecule has 3 unspecified atom stereocenters. The number of hydrogen-bond donors (Lipinski definition) is 1. The van der Waals surface area contributed by atoms with E-state index in [2.05, 4.69) is 111 Å². The Morgan fingerprint density at radius 1 is 0.456 bits per heavy atom. The number of amides is 1. The van der Waals surface area contributed by atoms with E-state index >= 15 is 0 Å². The zero-order valence-electron chi connectivity index (χ0n) is 52.1. The smallest absolute Gasteiger partial charge is 0.306 e. The maximum Gasteiger partial charge on any atom is 0.306 e. The number of unbranched alkanes of at least 4 members (excludes halogenated alkanes) is 28. The Morgan fingerprint density at radius 2 is 0.810 bits per heavy atom. The van der Waals surface area contributed by atoms with Gasteiger partial charge in [0.15, 0.2) is 0 Å². The Hall–Kier alpha value is -3.07. The molecule has 0 aromatic rings. The lowest BCUT2D eigenvalue weighted by Gasteiger charge is -2.30. The predicted octanol–water partition coefficient (Wildman–Crippen LogP) is 19.7. The third-order valence-electron chi connectivity index (χ3n) is 14.0. The van der Waals surface area contributed by atoms with E-state index < -0.39 is 26.6 Å². The summed E-state index contributed by atoms with van der Waals surface area (Å²) in [6, 6.07) is -0.900. The average Bonchev–Trinajstić information content (AvgIpc) is 3.41. The first-order valence-corrected chi connectivity index (χ1v) is 34.0. The summed E-state index contributed by atoms with van der Waals surface area (Å²) in [6.45, 7) is 6.69. The molecule has 0 bridgehead atoms.